The van der Waals surface area contributed by atoms with Crippen molar-refractivity contribution in [3.8, 4) is 17.4 Å². The third kappa shape index (κ3) is 1.90. The van der Waals surface area contributed by atoms with Gasteiger partial charge in [0.15, 0.2) is 17.4 Å². The third-order valence-corrected chi connectivity index (χ3v) is 3.91. The average Bonchev–Trinajstić information content (AvgIpc) is 2.95. The van der Waals surface area contributed by atoms with E-state index in [1.165, 1.54) is 0 Å². The second kappa shape index (κ2) is 4.52. The van der Waals surface area contributed by atoms with Crippen LogP contribution >= 0.6 is 0 Å². The van der Waals surface area contributed by atoms with E-state index in [1.54, 1.807) is 47.6 Å². The molecule has 0 bridgehead atoms. The second-order valence-electron chi connectivity index (χ2n) is 5.31. The first-order valence-corrected chi connectivity index (χ1v) is 6.92. The van der Waals surface area contributed by atoms with Crippen LogP contribution < -0.4 is 5.73 Å². The van der Waals surface area contributed by atoms with Gasteiger partial charge in [0, 0.05) is 18.5 Å². The van der Waals surface area contributed by atoms with Crippen molar-refractivity contribution in [2.75, 3.05) is 0 Å². The molecule has 4 rings (SSSR count). The van der Waals surface area contributed by atoms with Gasteiger partial charge in [-0.05, 0) is 31.0 Å². The molecule has 0 aromatic carbocycles. The number of nitrogens with zero attached hydrogens (tertiary/aromatic N) is 4. The molecule has 0 saturated heterocycles. The second-order valence-corrected chi connectivity index (χ2v) is 5.31. The van der Waals surface area contributed by atoms with Crippen LogP contribution in [0.4, 0.5) is 0 Å². The van der Waals surface area contributed by atoms with E-state index < -0.39 is 5.41 Å². The van der Waals surface area contributed by atoms with Gasteiger partial charge in [-0.15, -0.1) is 0 Å². The van der Waals surface area contributed by atoms with Gasteiger partial charge in [-0.2, -0.15) is 5.10 Å². The number of aromatic nitrogens is 4. The molecule has 1 fully saturated rings. The first-order valence-electron chi connectivity index (χ1n) is 6.92. The van der Waals surface area contributed by atoms with Gasteiger partial charge < -0.3 is 10.2 Å². The maximum Gasteiger partial charge on any atom is 0.229 e. The van der Waals surface area contributed by atoms with Crippen molar-refractivity contribution < 1.29 is 9.21 Å². The smallest absolute Gasteiger partial charge is 0.229 e. The Morgan fingerprint density at radius 3 is 2.77 bits per heavy atom. The molecule has 3 heterocycles. The number of rotatable bonds is 4. The van der Waals surface area contributed by atoms with Crippen LogP contribution in [0, 0.1) is 0 Å². The molecular formula is C15H13N5O2. The Balaban J connectivity index is 1.90. The Morgan fingerprint density at radius 2 is 2.18 bits per heavy atom. The molecule has 1 amide bonds. The van der Waals surface area contributed by atoms with Crippen molar-refractivity contribution in [1.29, 1.82) is 0 Å². The molecule has 110 valence electrons. The Kier molecular flexibility index (Phi) is 2.62. The molecule has 22 heavy (non-hydrogen) atoms. The van der Waals surface area contributed by atoms with E-state index in [0.717, 1.165) is 0 Å². The molecule has 1 aliphatic carbocycles. The number of carbonyl (C=O) groups excluding carboxylic acids is 1. The van der Waals surface area contributed by atoms with Crippen molar-refractivity contribution in [2.45, 2.75) is 18.3 Å². The minimum absolute atomic E-state index is 0.358. The van der Waals surface area contributed by atoms with Gasteiger partial charge in [-0.25, -0.2) is 14.6 Å². The average molecular weight is 295 g/mol. The molecule has 0 aliphatic heterocycles. The van der Waals surface area contributed by atoms with Gasteiger partial charge >= 0.3 is 0 Å². The zero-order chi connectivity index (χ0) is 15.2. The number of furan rings is 1. The molecule has 3 aromatic rings. The summed E-state index contributed by atoms with van der Waals surface area (Å²) in [6, 6.07) is 7.10. The number of primary amides is 1. The van der Waals surface area contributed by atoms with Crippen LogP contribution in [0.2, 0.25) is 0 Å². The van der Waals surface area contributed by atoms with Crippen molar-refractivity contribution in [2.24, 2.45) is 5.73 Å². The Bertz CT molecular complexity index is 767. The van der Waals surface area contributed by atoms with Crippen LogP contribution in [0.15, 0.2) is 47.3 Å². The van der Waals surface area contributed by atoms with E-state index in [9.17, 15) is 4.79 Å². The number of carbonyl (C=O) groups is 1. The van der Waals surface area contributed by atoms with Crippen LogP contribution in [0.1, 0.15) is 18.5 Å². The van der Waals surface area contributed by atoms with Crippen molar-refractivity contribution in [3.63, 3.8) is 0 Å². The van der Waals surface area contributed by atoms with Crippen LogP contribution in [0.5, 0.6) is 0 Å². The SMILES string of the molecule is NC(=O)C1(c2cc(-n3cccn3)nc(-c3ccco3)n2)CC1. The lowest BCUT2D eigenvalue weighted by molar-refractivity contribution is -0.120. The van der Waals surface area contributed by atoms with Gasteiger partial charge in [0.25, 0.3) is 0 Å². The van der Waals surface area contributed by atoms with E-state index >= 15 is 0 Å². The summed E-state index contributed by atoms with van der Waals surface area (Å²) in [5, 5.41) is 4.18. The first-order chi connectivity index (χ1) is 10.7. The molecule has 1 saturated carbocycles. The van der Waals surface area contributed by atoms with E-state index in [-0.39, 0.29) is 5.91 Å². The monoisotopic (exact) mass is 295 g/mol. The summed E-state index contributed by atoms with van der Waals surface area (Å²) >= 11 is 0. The van der Waals surface area contributed by atoms with Crippen LogP contribution in [-0.2, 0) is 10.2 Å². The van der Waals surface area contributed by atoms with Gasteiger partial charge in [-0.3, -0.25) is 4.79 Å². The highest BCUT2D eigenvalue weighted by Crippen LogP contribution is 2.47. The van der Waals surface area contributed by atoms with Gasteiger partial charge in [0.1, 0.15) is 0 Å². The fourth-order valence-electron chi connectivity index (χ4n) is 2.47. The predicted molar refractivity (Wildman–Crippen MR) is 77.0 cm³/mol. The summed E-state index contributed by atoms with van der Waals surface area (Å²) in [5.41, 5.74) is 5.49. The van der Waals surface area contributed by atoms with Gasteiger partial charge in [0.05, 0.1) is 17.4 Å². The van der Waals surface area contributed by atoms with Gasteiger partial charge in [0.2, 0.25) is 5.91 Å². The molecule has 0 spiro atoms. The zero-order valence-electron chi connectivity index (χ0n) is 11.6. The maximum atomic E-state index is 11.8. The van der Waals surface area contributed by atoms with Crippen molar-refractivity contribution in [3.05, 3.63) is 48.6 Å². The Morgan fingerprint density at radius 1 is 1.32 bits per heavy atom. The van der Waals surface area contributed by atoms with Crippen LogP contribution in [-0.4, -0.2) is 25.7 Å². The van der Waals surface area contributed by atoms with E-state index in [4.69, 9.17) is 10.2 Å². The number of hydrogen-bond acceptors (Lipinski definition) is 5. The molecule has 0 radical (unpaired) electrons. The fourth-order valence-corrected chi connectivity index (χ4v) is 2.47. The molecule has 0 atom stereocenters. The zero-order valence-corrected chi connectivity index (χ0v) is 11.6. The van der Waals surface area contributed by atoms with E-state index in [1.807, 2.05) is 0 Å². The van der Waals surface area contributed by atoms with Crippen LogP contribution in [0.25, 0.3) is 17.4 Å². The molecule has 0 unspecified atom stereocenters. The summed E-state index contributed by atoms with van der Waals surface area (Å²) < 4.78 is 6.99. The van der Waals surface area contributed by atoms with Gasteiger partial charge in [-0.1, -0.05) is 0 Å². The van der Waals surface area contributed by atoms with E-state index in [0.29, 0.717) is 35.9 Å². The number of nitrogens with two attached hydrogens (primary N) is 1. The molecule has 7 heteroatoms. The summed E-state index contributed by atoms with van der Waals surface area (Å²) in [4.78, 5) is 20.8. The largest absolute Gasteiger partial charge is 0.461 e. The first kappa shape index (κ1) is 12.8. The predicted octanol–water partition coefficient (Wildman–Crippen LogP) is 1.44. The molecule has 3 aromatic heterocycles. The van der Waals surface area contributed by atoms with Crippen LogP contribution in [0.3, 0.4) is 0 Å². The fraction of sp³-hybridized carbons (Fsp3) is 0.200. The highest BCUT2D eigenvalue weighted by Gasteiger charge is 2.52. The lowest BCUT2D eigenvalue weighted by Gasteiger charge is -2.13. The van der Waals surface area contributed by atoms with Crippen molar-refractivity contribution in [1.82, 2.24) is 19.7 Å². The Hall–Kier alpha value is -2.96. The topological polar surface area (TPSA) is 99.8 Å². The Labute approximate surface area is 125 Å². The molecular weight excluding hydrogens is 282 g/mol. The minimum Gasteiger partial charge on any atom is -0.461 e. The summed E-state index contributed by atoms with van der Waals surface area (Å²) in [6.45, 7) is 0. The quantitative estimate of drug-likeness (QED) is 0.785. The van der Waals surface area contributed by atoms with Crippen molar-refractivity contribution >= 4 is 5.91 Å². The summed E-state index contributed by atoms with van der Waals surface area (Å²) in [6.07, 6.45) is 6.40. The summed E-state index contributed by atoms with van der Waals surface area (Å²) in [7, 11) is 0. The molecule has 2 N–H and O–H groups in total. The minimum atomic E-state index is -0.688. The summed E-state index contributed by atoms with van der Waals surface area (Å²) in [5.74, 6) is 1.17. The standard InChI is InChI=1S/C15H13N5O2/c16-14(21)15(4-5-15)11-9-12(20-7-2-6-17-20)19-13(18-11)10-3-1-8-22-10/h1-3,6-9H,4-5H2,(H2,16,21). The molecule has 1 aliphatic rings. The number of hydrogen-bond donors (Lipinski definition) is 1. The third-order valence-electron chi connectivity index (χ3n) is 3.91. The lowest BCUT2D eigenvalue weighted by Crippen LogP contribution is -2.29. The highest BCUT2D eigenvalue weighted by atomic mass is 16.3. The molecule has 7 nitrogen and oxygen atoms in total. The number of amides is 1. The highest BCUT2D eigenvalue weighted by molar-refractivity contribution is 5.89. The van der Waals surface area contributed by atoms with E-state index in [2.05, 4.69) is 15.1 Å². The maximum absolute atomic E-state index is 11.8. The normalized spacial score (nSPS) is 15.6. The lowest BCUT2D eigenvalue weighted by atomic mass is 10.0.